The molecule has 0 bridgehead atoms. The molecular weight excluding hydrogens is 502 g/mol. The largest absolute Gasteiger partial charge is 0.416 e. The fourth-order valence-corrected chi connectivity index (χ4v) is 5.43. The molecule has 2 fully saturated rings. The number of halogens is 4. The fourth-order valence-electron chi connectivity index (χ4n) is 5.43. The van der Waals surface area contributed by atoms with Gasteiger partial charge in [-0.25, -0.2) is 4.39 Å². The number of aliphatic hydroxyl groups is 1. The summed E-state index contributed by atoms with van der Waals surface area (Å²) in [7, 11) is 0. The van der Waals surface area contributed by atoms with Gasteiger partial charge in [0.15, 0.2) is 0 Å². The number of carbonyl (C=O) groups excluding carboxylic acids is 2. The number of pyridine rings is 1. The number of alkyl halides is 3. The molecule has 1 aromatic heterocycles. The van der Waals surface area contributed by atoms with Crippen LogP contribution in [0.2, 0.25) is 0 Å². The number of aryl methyl sites for hydroxylation is 1. The van der Waals surface area contributed by atoms with Crippen molar-refractivity contribution in [3.8, 4) is 0 Å². The molecule has 2 amide bonds. The normalized spacial score (nSPS) is 20.5. The van der Waals surface area contributed by atoms with Crippen LogP contribution >= 0.6 is 0 Å². The van der Waals surface area contributed by atoms with Crippen molar-refractivity contribution in [3.63, 3.8) is 0 Å². The third kappa shape index (κ3) is 5.02. The van der Waals surface area contributed by atoms with E-state index in [9.17, 15) is 27.9 Å². The number of imide groups is 1. The molecule has 1 atom stereocenters. The molecule has 0 saturated carbocycles. The van der Waals surface area contributed by atoms with E-state index in [4.69, 9.17) is 0 Å². The van der Waals surface area contributed by atoms with Crippen LogP contribution in [-0.2, 0) is 27.9 Å². The van der Waals surface area contributed by atoms with Gasteiger partial charge in [-0.2, -0.15) is 13.2 Å². The van der Waals surface area contributed by atoms with Crippen LogP contribution in [0.3, 0.4) is 0 Å². The highest BCUT2D eigenvalue weighted by atomic mass is 19.4. The third-order valence-corrected chi connectivity index (χ3v) is 7.65. The number of piperidine rings is 2. The summed E-state index contributed by atoms with van der Waals surface area (Å²) in [6, 6.07) is 9.80. The van der Waals surface area contributed by atoms with E-state index in [1.165, 1.54) is 12.1 Å². The summed E-state index contributed by atoms with van der Waals surface area (Å²) in [4.78, 5) is 30.5. The number of nitrogens with one attached hydrogen (secondary N) is 1. The lowest BCUT2D eigenvalue weighted by Crippen LogP contribution is -2.42. The van der Waals surface area contributed by atoms with Crippen molar-refractivity contribution in [1.29, 1.82) is 0 Å². The maximum Gasteiger partial charge on any atom is 0.416 e. The first-order chi connectivity index (χ1) is 17.9. The molecule has 200 valence electrons. The minimum absolute atomic E-state index is 0.152. The Morgan fingerprint density at radius 1 is 1.11 bits per heavy atom. The Morgan fingerprint density at radius 3 is 2.42 bits per heavy atom. The molecule has 10 heteroatoms. The second-order valence-corrected chi connectivity index (χ2v) is 10.2. The molecule has 1 unspecified atom stereocenters. The van der Waals surface area contributed by atoms with Crippen molar-refractivity contribution in [2.45, 2.75) is 56.8 Å². The third-order valence-electron chi connectivity index (χ3n) is 7.65. The maximum absolute atomic E-state index is 15.9. The van der Waals surface area contributed by atoms with Gasteiger partial charge in [0.25, 0.3) is 0 Å². The molecule has 3 heterocycles. The smallest absolute Gasteiger partial charge is 0.385 e. The average Bonchev–Trinajstić information content (AvgIpc) is 2.86. The molecule has 2 aliphatic heterocycles. The zero-order chi connectivity index (χ0) is 27.2. The molecule has 0 spiro atoms. The predicted octanol–water partition coefficient (Wildman–Crippen LogP) is 4.70. The maximum atomic E-state index is 15.9. The zero-order valence-electron chi connectivity index (χ0n) is 20.7. The molecule has 2 aliphatic rings. The predicted molar refractivity (Wildman–Crippen MR) is 131 cm³/mol. The quantitative estimate of drug-likeness (QED) is 0.378. The number of nitrogens with zero attached hydrogens (tertiary/aromatic N) is 2. The van der Waals surface area contributed by atoms with E-state index in [0.717, 1.165) is 17.7 Å². The van der Waals surface area contributed by atoms with Gasteiger partial charge in [0.2, 0.25) is 11.8 Å². The Kier molecular flexibility index (Phi) is 6.73. The van der Waals surface area contributed by atoms with Gasteiger partial charge in [-0.15, -0.1) is 0 Å². The van der Waals surface area contributed by atoms with Crippen molar-refractivity contribution >= 4 is 22.7 Å². The molecule has 0 radical (unpaired) electrons. The Labute approximate surface area is 216 Å². The number of fused-ring (bicyclic) bond motifs is 1. The van der Waals surface area contributed by atoms with Crippen LogP contribution < -0.4 is 5.32 Å². The van der Waals surface area contributed by atoms with E-state index in [1.807, 2.05) is 4.90 Å². The second kappa shape index (κ2) is 9.74. The van der Waals surface area contributed by atoms with Gasteiger partial charge < -0.3 is 5.11 Å². The van der Waals surface area contributed by atoms with Crippen molar-refractivity contribution in [1.82, 2.24) is 15.2 Å². The summed E-state index contributed by atoms with van der Waals surface area (Å²) in [5.41, 5.74) is 0.289. The SMILES string of the molecule is Cc1nc2ccc(C3(O)CCN(Cc4ccc(C(F)(F)F)cc4)CC3)c(F)c2cc1C1CCC(=O)NC1=O. The van der Waals surface area contributed by atoms with E-state index >= 15 is 4.39 Å². The Bertz CT molecular complexity index is 1400. The first-order valence-corrected chi connectivity index (χ1v) is 12.5. The van der Waals surface area contributed by atoms with Crippen molar-refractivity contribution < 1.29 is 32.3 Å². The topological polar surface area (TPSA) is 82.5 Å². The van der Waals surface area contributed by atoms with E-state index < -0.39 is 35.0 Å². The van der Waals surface area contributed by atoms with Crippen LogP contribution in [0.15, 0.2) is 42.5 Å². The van der Waals surface area contributed by atoms with E-state index in [0.29, 0.717) is 42.8 Å². The summed E-state index contributed by atoms with van der Waals surface area (Å²) in [5, 5.41) is 13.9. The van der Waals surface area contributed by atoms with Gasteiger partial charge in [-0.3, -0.25) is 24.8 Å². The van der Waals surface area contributed by atoms with Crippen LogP contribution in [-0.4, -0.2) is 39.9 Å². The number of hydrogen-bond acceptors (Lipinski definition) is 5. The molecule has 2 aromatic carbocycles. The monoisotopic (exact) mass is 529 g/mol. The fraction of sp³-hybridized carbons (Fsp3) is 0.393. The number of amides is 2. The molecule has 3 aromatic rings. The molecular formula is C28H27F4N3O3. The lowest BCUT2D eigenvalue weighted by atomic mass is 9.82. The molecule has 5 rings (SSSR count). The number of rotatable bonds is 4. The average molecular weight is 530 g/mol. The van der Waals surface area contributed by atoms with E-state index in [1.54, 1.807) is 25.1 Å². The van der Waals surface area contributed by atoms with Crippen LogP contribution in [0.1, 0.15) is 59.5 Å². The summed E-state index contributed by atoms with van der Waals surface area (Å²) >= 11 is 0. The molecule has 38 heavy (non-hydrogen) atoms. The lowest BCUT2D eigenvalue weighted by Gasteiger charge is -2.39. The lowest BCUT2D eigenvalue weighted by molar-refractivity contribution is -0.138. The minimum atomic E-state index is -4.39. The summed E-state index contributed by atoms with van der Waals surface area (Å²) < 4.78 is 54.3. The van der Waals surface area contributed by atoms with Crippen molar-refractivity contribution in [2.75, 3.05) is 13.1 Å². The van der Waals surface area contributed by atoms with Crippen LogP contribution in [0.5, 0.6) is 0 Å². The number of likely N-dealkylation sites (tertiary alicyclic amines) is 1. The standard InChI is InChI=1S/C28H27F4N3O3/c1-16-20(19-6-9-24(36)34-26(19)37)14-21-23(33-16)8-7-22(25(21)29)27(38)10-12-35(13-11-27)15-17-2-4-18(5-3-17)28(30,31)32/h2-5,7-8,14,19,38H,6,9-13,15H2,1H3,(H,34,36,37). The second-order valence-electron chi connectivity index (χ2n) is 10.2. The summed E-state index contributed by atoms with van der Waals surface area (Å²) in [6.45, 7) is 3.03. The highest BCUT2D eigenvalue weighted by Crippen LogP contribution is 2.38. The van der Waals surface area contributed by atoms with Crippen LogP contribution in [0, 0.1) is 12.7 Å². The zero-order valence-corrected chi connectivity index (χ0v) is 20.7. The Balaban J connectivity index is 1.35. The number of benzene rings is 2. The van der Waals surface area contributed by atoms with Crippen molar-refractivity contribution in [2.24, 2.45) is 0 Å². The van der Waals surface area contributed by atoms with Gasteiger partial charge in [-0.1, -0.05) is 18.2 Å². The van der Waals surface area contributed by atoms with Gasteiger partial charge >= 0.3 is 6.18 Å². The molecule has 2 saturated heterocycles. The van der Waals surface area contributed by atoms with Gasteiger partial charge in [0.05, 0.1) is 22.6 Å². The van der Waals surface area contributed by atoms with Crippen LogP contribution in [0.4, 0.5) is 17.6 Å². The molecule has 6 nitrogen and oxygen atoms in total. The molecule has 2 N–H and O–H groups in total. The van der Waals surface area contributed by atoms with Crippen LogP contribution in [0.25, 0.3) is 10.9 Å². The Morgan fingerprint density at radius 2 is 1.79 bits per heavy atom. The van der Waals surface area contributed by atoms with E-state index in [-0.39, 0.29) is 36.1 Å². The first kappa shape index (κ1) is 26.2. The number of carbonyl (C=O) groups is 2. The van der Waals surface area contributed by atoms with Gasteiger partial charge in [0.1, 0.15) is 5.82 Å². The molecule has 0 aliphatic carbocycles. The minimum Gasteiger partial charge on any atom is -0.385 e. The summed E-state index contributed by atoms with van der Waals surface area (Å²) in [5.74, 6) is -1.97. The number of hydrogen-bond donors (Lipinski definition) is 2. The Hall–Kier alpha value is -3.37. The first-order valence-electron chi connectivity index (χ1n) is 12.5. The summed E-state index contributed by atoms with van der Waals surface area (Å²) in [6.07, 6.45) is -3.39. The highest BCUT2D eigenvalue weighted by Gasteiger charge is 2.37. The highest BCUT2D eigenvalue weighted by molar-refractivity contribution is 6.01. The van der Waals surface area contributed by atoms with Gasteiger partial charge in [-0.05, 0) is 61.6 Å². The van der Waals surface area contributed by atoms with E-state index in [2.05, 4.69) is 10.3 Å². The number of aromatic nitrogens is 1. The van der Waals surface area contributed by atoms with Gasteiger partial charge in [0, 0.05) is 42.7 Å². The van der Waals surface area contributed by atoms with Crippen molar-refractivity contribution in [3.05, 3.63) is 76.2 Å².